The van der Waals surface area contributed by atoms with Crippen LogP contribution in [0.5, 0.6) is 0 Å². The van der Waals surface area contributed by atoms with E-state index in [-0.39, 0.29) is 24.0 Å². The van der Waals surface area contributed by atoms with E-state index in [4.69, 9.17) is 27.9 Å². The highest BCUT2D eigenvalue weighted by molar-refractivity contribution is 6.36. The minimum Gasteiger partial charge on any atom is -0.353 e. The largest absolute Gasteiger partial charge is 0.353 e. The van der Waals surface area contributed by atoms with Crippen LogP contribution in [0.1, 0.15) is 37.1 Å². The molecule has 2 N–H and O–H groups in total. The van der Waals surface area contributed by atoms with Gasteiger partial charge in [-0.05, 0) is 37.0 Å². The van der Waals surface area contributed by atoms with Crippen molar-refractivity contribution in [1.29, 1.82) is 0 Å². The van der Waals surface area contributed by atoms with Crippen LogP contribution >= 0.6 is 23.2 Å². The van der Waals surface area contributed by atoms with E-state index < -0.39 is 11.9 Å². The summed E-state index contributed by atoms with van der Waals surface area (Å²) >= 11 is 12.2. The molecule has 0 spiro atoms. The molecule has 0 bridgehead atoms. The number of carbonyl (C=O) groups excluding carboxylic acids is 1. The van der Waals surface area contributed by atoms with Crippen molar-refractivity contribution < 1.29 is 9.53 Å². The number of nitrogens with zero attached hydrogens (tertiary/aromatic N) is 1. The molecule has 7 nitrogen and oxygen atoms in total. The molecule has 1 fully saturated rings. The van der Waals surface area contributed by atoms with E-state index in [0.717, 1.165) is 0 Å². The molecule has 1 aliphatic heterocycles. The van der Waals surface area contributed by atoms with E-state index in [9.17, 15) is 14.4 Å². The van der Waals surface area contributed by atoms with Gasteiger partial charge in [0.2, 0.25) is 5.91 Å². The van der Waals surface area contributed by atoms with E-state index in [2.05, 4.69) is 10.3 Å². The number of hydrogen-bond donors (Lipinski definition) is 2. The molecular weight excluding hydrogens is 405 g/mol. The summed E-state index contributed by atoms with van der Waals surface area (Å²) in [5, 5.41) is 3.72. The molecule has 0 saturated carbocycles. The predicted molar refractivity (Wildman–Crippen MR) is 107 cm³/mol. The number of aromatic nitrogens is 2. The summed E-state index contributed by atoms with van der Waals surface area (Å²) in [6.07, 6.45) is 2.76. The summed E-state index contributed by atoms with van der Waals surface area (Å²) in [5.74, 6) is -0.212. The summed E-state index contributed by atoms with van der Waals surface area (Å²) < 4.78 is 7.30. The average molecular weight is 426 g/mol. The molecule has 1 amide bonds. The van der Waals surface area contributed by atoms with Gasteiger partial charge in [-0.1, -0.05) is 36.2 Å². The van der Waals surface area contributed by atoms with Gasteiger partial charge >= 0.3 is 5.69 Å². The zero-order chi connectivity index (χ0) is 20.3. The third-order valence-electron chi connectivity index (χ3n) is 4.74. The fourth-order valence-corrected chi connectivity index (χ4v) is 3.72. The lowest BCUT2D eigenvalue weighted by atomic mass is 10.1. The van der Waals surface area contributed by atoms with Gasteiger partial charge in [0.1, 0.15) is 6.23 Å². The first-order valence-corrected chi connectivity index (χ1v) is 9.84. The van der Waals surface area contributed by atoms with Crippen LogP contribution in [0.2, 0.25) is 10.0 Å². The van der Waals surface area contributed by atoms with Crippen molar-refractivity contribution in [1.82, 2.24) is 14.9 Å². The van der Waals surface area contributed by atoms with Gasteiger partial charge in [0, 0.05) is 28.4 Å². The van der Waals surface area contributed by atoms with Gasteiger partial charge in [0.05, 0.1) is 12.5 Å². The molecule has 150 valence electrons. The summed E-state index contributed by atoms with van der Waals surface area (Å²) in [7, 11) is 0. The Kier molecular flexibility index (Phi) is 6.59. The monoisotopic (exact) mass is 425 g/mol. The minimum absolute atomic E-state index is 0.0773. The number of aryl methyl sites for hydroxylation is 1. The van der Waals surface area contributed by atoms with Crippen molar-refractivity contribution in [2.45, 2.75) is 44.9 Å². The van der Waals surface area contributed by atoms with Crippen LogP contribution in [-0.2, 0) is 22.4 Å². The summed E-state index contributed by atoms with van der Waals surface area (Å²) in [4.78, 5) is 38.3. The first kappa shape index (κ1) is 20.6. The van der Waals surface area contributed by atoms with Crippen molar-refractivity contribution in [3.8, 4) is 0 Å². The van der Waals surface area contributed by atoms with Crippen molar-refractivity contribution >= 4 is 29.1 Å². The summed E-state index contributed by atoms with van der Waals surface area (Å²) in [5.41, 5.74) is 0.242. The average Bonchev–Trinajstić information content (AvgIpc) is 3.12. The molecule has 1 aromatic carbocycles. The number of rotatable bonds is 6. The Labute approximate surface area is 171 Å². The second kappa shape index (κ2) is 8.94. The van der Waals surface area contributed by atoms with Crippen molar-refractivity contribution in [2.75, 3.05) is 6.54 Å². The zero-order valence-corrected chi connectivity index (χ0v) is 16.8. The molecule has 2 heterocycles. The first-order valence-electron chi connectivity index (χ1n) is 9.08. The van der Waals surface area contributed by atoms with Gasteiger partial charge < -0.3 is 10.1 Å². The molecule has 0 unspecified atom stereocenters. The number of H-pyrrole nitrogens is 1. The number of aromatic amines is 1. The van der Waals surface area contributed by atoms with Gasteiger partial charge in [-0.2, -0.15) is 0 Å². The molecule has 1 saturated heterocycles. The first-order chi connectivity index (χ1) is 13.4. The van der Waals surface area contributed by atoms with Gasteiger partial charge in [0.15, 0.2) is 0 Å². The van der Waals surface area contributed by atoms with Crippen LogP contribution in [0.25, 0.3) is 0 Å². The quantitative estimate of drug-likeness (QED) is 0.742. The Morgan fingerprint density at radius 1 is 1.29 bits per heavy atom. The van der Waals surface area contributed by atoms with Crippen LogP contribution in [0, 0.1) is 0 Å². The van der Waals surface area contributed by atoms with Gasteiger partial charge in [-0.25, -0.2) is 4.79 Å². The topological polar surface area (TPSA) is 93.2 Å². The highest BCUT2D eigenvalue weighted by atomic mass is 35.5. The number of nitrogens with one attached hydrogen (secondary N) is 2. The zero-order valence-electron chi connectivity index (χ0n) is 15.3. The predicted octanol–water partition coefficient (Wildman–Crippen LogP) is 2.44. The summed E-state index contributed by atoms with van der Waals surface area (Å²) in [6.45, 7) is 2.16. The lowest BCUT2D eigenvalue weighted by Crippen LogP contribution is -2.35. The number of ether oxygens (including phenoxy) is 1. The summed E-state index contributed by atoms with van der Waals surface area (Å²) in [6, 6.07) is 5.10. The Hall–Kier alpha value is -2.09. The van der Waals surface area contributed by atoms with Crippen LogP contribution in [0.4, 0.5) is 0 Å². The van der Waals surface area contributed by atoms with Crippen molar-refractivity contribution in [3.05, 3.63) is 66.4 Å². The second-order valence-electron chi connectivity index (χ2n) is 6.65. The van der Waals surface area contributed by atoms with E-state index in [1.54, 1.807) is 24.4 Å². The number of carbonyl (C=O) groups is 1. The molecule has 2 aromatic rings. The maximum absolute atomic E-state index is 12.2. The Morgan fingerprint density at radius 2 is 2.00 bits per heavy atom. The van der Waals surface area contributed by atoms with Gasteiger partial charge in [-0.15, -0.1) is 0 Å². The Balaban J connectivity index is 1.57. The molecule has 28 heavy (non-hydrogen) atoms. The third-order valence-corrected chi connectivity index (χ3v) is 5.45. The van der Waals surface area contributed by atoms with Gasteiger partial charge in [-0.3, -0.25) is 19.1 Å². The minimum atomic E-state index is -0.495. The van der Waals surface area contributed by atoms with Crippen molar-refractivity contribution in [2.24, 2.45) is 0 Å². The Morgan fingerprint density at radius 3 is 2.68 bits per heavy atom. The number of amides is 1. The highest BCUT2D eigenvalue weighted by Gasteiger charge is 2.28. The Bertz CT molecular complexity index is 966. The molecule has 1 aromatic heterocycles. The van der Waals surface area contributed by atoms with Crippen LogP contribution in [-0.4, -0.2) is 28.1 Å². The van der Waals surface area contributed by atoms with Gasteiger partial charge in [0.25, 0.3) is 5.56 Å². The van der Waals surface area contributed by atoms with Crippen molar-refractivity contribution in [3.63, 3.8) is 0 Å². The second-order valence-corrected chi connectivity index (χ2v) is 7.46. The lowest BCUT2D eigenvalue weighted by Gasteiger charge is -2.17. The van der Waals surface area contributed by atoms with E-state index in [0.29, 0.717) is 47.0 Å². The van der Waals surface area contributed by atoms with Crippen LogP contribution in [0.15, 0.2) is 34.0 Å². The smallest absolute Gasteiger partial charge is 0.330 e. The number of benzene rings is 1. The molecule has 9 heteroatoms. The fourth-order valence-electron chi connectivity index (χ4n) is 3.19. The molecule has 0 aliphatic carbocycles. The van der Waals surface area contributed by atoms with E-state index in [1.165, 1.54) is 4.57 Å². The molecule has 2 atom stereocenters. The third kappa shape index (κ3) is 4.66. The normalized spacial score (nSPS) is 19.0. The van der Waals surface area contributed by atoms with Crippen LogP contribution in [0.3, 0.4) is 0 Å². The number of halogens is 2. The van der Waals surface area contributed by atoms with E-state index >= 15 is 0 Å². The molecular formula is C19H21Cl2N3O4. The maximum Gasteiger partial charge on any atom is 0.330 e. The van der Waals surface area contributed by atoms with E-state index in [1.807, 2.05) is 6.92 Å². The highest BCUT2D eigenvalue weighted by Crippen LogP contribution is 2.27. The maximum atomic E-state index is 12.2. The molecule has 1 aliphatic rings. The SMILES string of the molecule is CCc1cn([C@@H]2CC[C@H](CNC(=O)Cc3c(Cl)cccc3Cl)O2)c(=O)[nH]c1=O. The van der Waals surface area contributed by atoms with Crippen LogP contribution < -0.4 is 16.6 Å². The number of hydrogen-bond acceptors (Lipinski definition) is 4. The molecule has 0 radical (unpaired) electrons. The molecule has 3 rings (SSSR count). The fraction of sp³-hybridized carbons (Fsp3) is 0.421. The lowest BCUT2D eigenvalue weighted by molar-refractivity contribution is -0.121. The standard InChI is InChI=1S/C19H21Cl2N3O4/c1-2-11-10-24(19(27)23-18(11)26)17-7-6-12(28-17)9-22-16(25)8-13-14(20)4-3-5-15(13)21/h3-5,10,12,17H,2,6-9H2,1H3,(H,22,25)(H,23,26,27)/t12-,17+/m1/s1.